The molecule has 0 saturated heterocycles. The van der Waals surface area contributed by atoms with Crippen molar-refractivity contribution in [1.82, 2.24) is 5.32 Å². The molecular weight excluding hydrogens is 344 g/mol. The molecule has 0 spiro atoms. The number of hydrogen-bond donors (Lipinski definition) is 2. The van der Waals surface area contributed by atoms with Gasteiger partial charge in [0.05, 0.1) is 11.3 Å². The first-order valence-corrected chi connectivity index (χ1v) is 8.62. The van der Waals surface area contributed by atoms with E-state index >= 15 is 0 Å². The van der Waals surface area contributed by atoms with Crippen molar-refractivity contribution in [2.75, 3.05) is 0 Å². The molecule has 134 valence electrons. The van der Waals surface area contributed by atoms with Crippen LogP contribution >= 0.6 is 0 Å². The van der Waals surface area contributed by atoms with Crippen LogP contribution in [-0.4, -0.2) is 36.7 Å². The van der Waals surface area contributed by atoms with Crippen LogP contribution in [0.25, 0.3) is 0 Å². The summed E-state index contributed by atoms with van der Waals surface area (Å²) in [4.78, 5) is 22.0. The topological polar surface area (TPSA) is 101 Å². The number of hydrogen-bond acceptors (Lipinski definition) is 4. The van der Waals surface area contributed by atoms with E-state index in [1.165, 1.54) is 12.1 Å². The van der Waals surface area contributed by atoms with Crippen LogP contribution in [0.2, 0.25) is 0 Å². The molecule has 1 aromatic carbocycles. The Morgan fingerprint density at radius 3 is 2.21 bits per heavy atom. The first-order chi connectivity index (χ1) is 10.9. The van der Waals surface area contributed by atoms with E-state index in [0.717, 1.165) is 12.1 Å². The lowest BCUT2D eigenvalue weighted by Crippen LogP contribution is -2.44. The minimum absolute atomic E-state index is 0.0779. The Hall–Kier alpha value is -2.03. The summed E-state index contributed by atoms with van der Waals surface area (Å²) in [6, 6.07) is 4.64. The van der Waals surface area contributed by atoms with Gasteiger partial charge < -0.3 is 10.4 Å². The van der Waals surface area contributed by atoms with Crippen LogP contribution in [0.1, 0.15) is 32.3 Å². The normalized spacial score (nSPS) is 12.2. The SMILES string of the molecule is CC(C)(CCC(=O)O)NC(=O)Cc1ccc(S(=O)(=O)C(F)F)cc1. The fourth-order valence-corrected chi connectivity index (χ4v) is 2.71. The molecule has 1 aromatic rings. The lowest BCUT2D eigenvalue weighted by atomic mass is 9.98. The fourth-order valence-electron chi connectivity index (χ4n) is 1.99. The van der Waals surface area contributed by atoms with E-state index in [0.29, 0.717) is 5.56 Å². The van der Waals surface area contributed by atoms with Crippen LogP contribution in [0.5, 0.6) is 0 Å². The number of aliphatic carboxylic acids is 1. The highest BCUT2D eigenvalue weighted by Crippen LogP contribution is 2.19. The van der Waals surface area contributed by atoms with Gasteiger partial charge in [-0.25, -0.2) is 8.42 Å². The fraction of sp³-hybridized carbons (Fsp3) is 0.467. The highest BCUT2D eigenvalue weighted by molar-refractivity contribution is 7.91. The Balaban J connectivity index is 2.70. The highest BCUT2D eigenvalue weighted by Gasteiger charge is 2.26. The van der Waals surface area contributed by atoms with Gasteiger partial charge in [0.25, 0.3) is 0 Å². The molecule has 0 atom stereocenters. The maximum absolute atomic E-state index is 12.4. The van der Waals surface area contributed by atoms with Gasteiger partial charge in [-0.2, -0.15) is 8.78 Å². The zero-order valence-electron chi connectivity index (χ0n) is 13.3. The summed E-state index contributed by atoms with van der Waals surface area (Å²) in [5.41, 5.74) is -0.260. The maximum atomic E-state index is 12.4. The molecule has 1 rings (SSSR count). The van der Waals surface area contributed by atoms with E-state index in [1.807, 2.05) is 0 Å². The van der Waals surface area contributed by atoms with Crippen molar-refractivity contribution in [2.45, 2.75) is 49.3 Å². The summed E-state index contributed by atoms with van der Waals surface area (Å²) in [5, 5.41) is 11.3. The molecule has 0 aromatic heterocycles. The first kappa shape index (κ1) is 20.0. The minimum atomic E-state index is -4.66. The lowest BCUT2D eigenvalue weighted by molar-refractivity contribution is -0.137. The summed E-state index contributed by atoms with van der Waals surface area (Å²) >= 11 is 0. The molecular formula is C15H19F2NO5S. The van der Waals surface area contributed by atoms with E-state index in [-0.39, 0.29) is 25.2 Å². The molecule has 0 radical (unpaired) electrons. The Morgan fingerprint density at radius 2 is 1.75 bits per heavy atom. The van der Waals surface area contributed by atoms with Crippen molar-refractivity contribution in [2.24, 2.45) is 0 Å². The van der Waals surface area contributed by atoms with Gasteiger partial charge in [0.15, 0.2) is 0 Å². The monoisotopic (exact) mass is 363 g/mol. The zero-order valence-corrected chi connectivity index (χ0v) is 14.1. The molecule has 0 aliphatic carbocycles. The molecule has 0 fully saturated rings. The number of nitrogens with one attached hydrogen (secondary N) is 1. The number of sulfone groups is 1. The van der Waals surface area contributed by atoms with E-state index < -0.39 is 32.0 Å². The molecule has 2 N–H and O–H groups in total. The number of carbonyl (C=O) groups is 2. The molecule has 1 amide bonds. The minimum Gasteiger partial charge on any atom is -0.481 e. The largest absolute Gasteiger partial charge is 0.481 e. The third-order valence-electron chi connectivity index (χ3n) is 3.29. The number of carboxylic acid groups (broad SMARTS) is 1. The summed E-state index contributed by atoms with van der Waals surface area (Å²) in [6.45, 7) is 3.37. The molecule has 0 unspecified atom stereocenters. The van der Waals surface area contributed by atoms with E-state index in [9.17, 15) is 26.8 Å². The Labute approximate surface area is 138 Å². The molecule has 0 heterocycles. The second-order valence-corrected chi connectivity index (χ2v) is 7.87. The molecule has 0 saturated carbocycles. The average Bonchev–Trinajstić information content (AvgIpc) is 2.45. The third-order valence-corrected chi connectivity index (χ3v) is 4.69. The quantitative estimate of drug-likeness (QED) is 0.736. The Kier molecular flexibility index (Phi) is 6.42. The van der Waals surface area contributed by atoms with Crippen LogP contribution in [0, 0.1) is 0 Å². The van der Waals surface area contributed by atoms with Crippen LogP contribution in [0.15, 0.2) is 29.2 Å². The standard InChI is InChI=1S/C15H19F2NO5S/c1-15(2,8-7-13(20)21)18-12(19)9-10-3-5-11(6-4-10)24(22,23)14(16)17/h3-6,14H,7-9H2,1-2H3,(H,18,19)(H,20,21). The number of benzene rings is 1. The molecule has 6 nitrogen and oxygen atoms in total. The summed E-state index contributed by atoms with van der Waals surface area (Å²) in [5.74, 6) is -4.84. The van der Waals surface area contributed by atoms with Gasteiger partial charge in [-0.15, -0.1) is 0 Å². The molecule has 0 aliphatic heterocycles. The van der Waals surface area contributed by atoms with Gasteiger partial charge >= 0.3 is 11.7 Å². The van der Waals surface area contributed by atoms with E-state index in [2.05, 4.69) is 5.32 Å². The highest BCUT2D eigenvalue weighted by atomic mass is 32.2. The Bertz CT molecular complexity index is 699. The number of alkyl halides is 2. The molecule has 9 heteroatoms. The number of halogens is 2. The summed E-state index contributed by atoms with van der Waals surface area (Å²) < 4.78 is 47.5. The number of carbonyl (C=O) groups excluding carboxylic acids is 1. The number of carboxylic acids is 1. The van der Waals surface area contributed by atoms with Gasteiger partial charge in [0, 0.05) is 12.0 Å². The third kappa shape index (κ3) is 5.88. The van der Waals surface area contributed by atoms with Crippen molar-refractivity contribution in [3.63, 3.8) is 0 Å². The smallest absolute Gasteiger partial charge is 0.341 e. The van der Waals surface area contributed by atoms with Gasteiger partial charge in [0.1, 0.15) is 0 Å². The van der Waals surface area contributed by atoms with Crippen molar-refractivity contribution >= 4 is 21.7 Å². The van der Waals surface area contributed by atoms with Crippen molar-refractivity contribution < 1.29 is 31.9 Å². The second-order valence-electron chi connectivity index (χ2n) is 5.95. The van der Waals surface area contributed by atoms with Crippen LogP contribution in [0.3, 0.4) is 0 Å². The van der Waals surface area contributed by atoms with Crippen molar-refractivity contribution in [1.29, 1.82) is 0 Å². The van der Waals surface area contributed by atoms with Gasteiger partial charge in [0.2, 0.25) is 15.7 Å². The lowest BCUT2D eigenvalue weighted by Gasteiger charge is -2.25. The summed E-state index contributed by atoms with van der Waals surface area (Å²) in [7, 11) is -4.66. The van der Waals surface area contributed by atoms with Crippen molar-refractivity contribution in [3.05, 3.63) is 29.8 Å². The van der Waals surface area contributed by atoms with Crippen LogP contribution < -0.4 is 5.32 Å². The predicted octanol–water partition coefficient (Wildman–Crippen LogP) is 1.98. The first-order valence-electron chi connectivity index (χ1n) is 7.08. The maximum Gasteiger partial charge on any atom is 0.341 e. The Morgan fingerprint density at radius 1 is 1.21 bits per heavy atom. The van der Waals surface area contributed by atoms with E-state index in [4.69, 9.17) is 5.11 Å². The average molecular weight is 363 g/mol. The van der Waals surface area contributed by atoms with Gasteiger partial charge in [-0.3, -0.25) is 9.59 Å². The molecule has 0 bridgehead atoms. The molecule has 0 aliphatic rings. The van der Waals surface area contributed by atoms with Crippen LogP contribution in [-0.2, 0) is 25.8 Å². The van der Waals surface area contributed by atoms with Crippen molar-refractivity contribution in [3.8, 4) is 0 Å². The van der Waals surface area contributed by atoms with E-state index in [1.54, 1.807) is 13.8 Å². The van der Waals surface area contributed by atoms with Crippen LogP contribution in [0.4, 0.5) is 8.78 Å². The van der Waals surface area contributed by atoms with Gasteiger partial charge in [-0.05, 0) is 38.0 Å². The summed E-state index contributed by atoms with van der Waals surface area (Å²) in [6.07, 6.45) is 0.0820. The molecule has 24 heavy (non-hydrogen) atoms. The number of amides is 1. The second kappa shape index (κ2) is 7.69. The predicted molar refractivity (Wildman–Crippen MR) is 82.4 cm³/mol. The zero-order chi connectivity index (χ0) is 18.5. The van der Waals surface area contributed by atoms with Gasteiger partial charge in [-0.1, -0.05) is 12.1 Å². The number of rotatable bonds is 8.